The molecule has 2 nitrogen and oxygen atoms in total. The Labute approximate surface area is 91.9 Å². The van der Waals surface area contributed by atoms with Crippen LogP contribution < -0.4 is 5.32 Å². The number of thioether (sulfide) groups is 1. The molecule has 2 N–H and O–H groups in total. The number of aliphatic hydroxyl groups is 1. The van der Waals surface area contributed by atoms with Gasteiger partial charge in [0.25, 0.3) is 0 Å². The first-order chi connectivity index (χ1) is 6.74. The first kappa shape index (κ1) is 12.3. The van der Waals surface area contributed by atoms with E-state index in [1.807, 2.05) is 11.8 Å². The Bertz CT molecular complexity index is 154. The van der Waals surface area contributed by atoms with Gasteiger partial charge in [0.15, 0.2) is 0 Å². The second kappa shape index (κ2) is 6.70. The van der Waals surface area contributed by atoms with Gasteiger partial charge in [0.05, 0.1) is 6.10 Å². The highest BCUT2D eigenvalue weighted by Gasteiger charge is 2.22. The zero-order valence-corrected chi connectivity index (χ0v) is 10.1. The van der Waals surface area contributed by atoms with Crippen LogP contribution >= 0.6 is 11.8 Å². The van der Waals surface area contributed by atoms with Crippen molar-refractivity contribution in [2.75, 3.05) is 18.6 Å². The number of rotatable bonds is 5. The van der Waals surface area contributed by atoms with Crippen molar-refractivity contribution in [3.8, 4) is 0 Å². The highest BCUT2D eigenvalue weighted by molar-refractivity contribution is 7.98. The molecule has 0 amide bonds. The van der Waals surface area contributed by atoms with Crippen LogP contribution in [0, 0.1) is 5.92 Å². The molecule has 0 bridgehead atoms. The summed E-state index contributed by atoms with van der Waals surface area (Å²) >= 11 is 1.89. The standard InChI is InChI=1S/C11H23NOS/c1-9(8-14-2)7-12-10-5-3-4-6-11(10)13/h9-13H,3-8H2,1-2H3/t9?,10-,11-/m1/s1. The van der Waals surface area contributed by atoms with Crippen molar-refractivity contribution in [1.82, 2.24) is 5.32 Å². The normalized spacial score (nSPS) is 30.2. The summed E-state index contributed by atoms with van der Waals surface area (Å²) in [5, 5.41) is 13.2. The lowest BCUT2D eigenvalue weighted by Crippen LogP contribution is -2.43. The molecule has 1 rings (SSSR count). The molecule has 0 saturated heterocycles. The first-order valence-corrected chi connectivity index (χ1v) is 7.03. The average molecular weight is 217 g/mol. The van der Waals surface area contributed by atoms with Gasteiger partial charge in [-0.15, -0.1) is 0 Å². The third-order valence-corrected chi connectivity index (χ3v) is 3.81. The van der Waals surface area contributed by atoms with Gasteiger partial charge in [0, 0.05) is 6.04 Å². The molecule has 1 fully saturated rings. The minimum atomic E-state index is -0.106. The van der Waals surface area contributed by atoms with Crippen LogP contribution in [0.25, 0.3) is 0 Å². The van der Waals surface area contributed by atoms with Gasteiger partial charge in [-0.3, -0.25) is 0 Å². The highest BCUT2D eigenvalue weighted by atomic mass is 32.2. The lowest BCUT2D eigenvalue weighted by Gasteiger charge is -2.29. The van der Waals surface area contributed by atoms with Gasteiger partial charge in [-0.25, -0.2) is 0 Å². The first-order valence-electron chi connectivity index (χ1n) is 5.64. The second-order valence-electron chi connectivity index (χ2n) is 4.43. The van der Waals surface area contributed by atoms with Gasteiger partial charge in [0.2, 0.25) is 0 Å². The summed E-state index contributed by atoms with van der Waals surface area (Å²) in [6.07, 6.45) is 6.63. The Morgan fingerprint density at radius 3 is 2.79 bits per heavy atom. The molecule has 0 spiro atoms. The van der Waals surface area contributed by atoms with Crippen LogP contribution in [-0.4, -0.2) is 35.8 Å². The van der Waals surface area contributed by atoms with E-state index in [-0.39, 0.29) is 6.10 Å². The largest absolute Gasteiger partial charge is 0.392 e. The van der Waals surface area contributed by atoms with Crippen LogP contribution in [0.3, 0.4) is 0 Å². The van der Waals surface area contributed by atoms with Gasteiger partial charge in [-0.2, -0.15) is 11.8 Å². The Balaban J connectivity index is 2.15. The molecule has 3 atom stereocenters. The second-order valence-corrected chi connectivity index (χ2v) is 5.34. The molecule has 84 valence electrons. The molecule has 0 aromatic heterocycles. The van der Waals surface area contributed by atoms with Gasteiger partial charge >= 0.3 is 0 Å². The molecule has 0 aliphatic heterocycles. The molecule has 3 heteroatoms. The molecule has 14 heavy (non-hydrogen) atoms. The molecule has 0 radical (unpaired) electrons. The average Bonchev–Trinajstić information content (AvgIpc) is 2.17. The zero-order chi connectivity index (χ0) is 10.4. The van der Waals surface area contributed by atoms with Crippen molar-refractivity contribution in [3.63, 3.8) is 0 Å². The quantitative estimate of drug-likeness (QED) is 0.737. The zero-order valence-electron chi connectivity index (χ0n) is 9.33. The molecular formula is C11H23NOS. The summed E-state index contributed by atoms with van der Waals surface area (Å²) in [6.45, 7) is 3.31. The molecule has 0 aromatic carbocycles. The summed E-state index contributed by atoms with van der Waals surface area (Å²) in [5.74, 6) is 1.91. The topological polar surface area (TPSA) is 32.3 Å². The number of aliphatic hydroxyl groups excluding tert-OH is 1. The SMILES string of the molecule is CSCC(C)CN[C@@H]1CCCC[C@H]1O. The van der Waals surface area contributed by atoms with Crippen LogP contribution in [0.15, 0.2) is 0 Å². The Kier molecular flexibility index (Phi) is 5.90. The molecule has 1 saturated carbocycles. The summed E-state index contributed by atoms with van der Waals surface area (Å²) in [4.78, 5) is 0. The van der Waals surface area contributed by atoms with E-state index in [0.717, 1.165) is 19.4 Å². The van der Waals surface area contributed by atoms with Crippen LogP contribution in [0.2, 0.25) is 0 Å². The predicted molar refractivity (Wildman–Crippen MR) is 63.8 cm³/mol. The van der Waals surface area contributed by atoms with Crippen molar-refractivity contribution in [1.29, 1.82) is 0 Å². The van der Waals surface area contributed by atoms with E-state index < -0.39 is 0 Å². The van der Waals surface area contributed by atoms with E-state index in [1.54, 1.807) is 0 Å². The molecule has 1 aliphatic rings. The number of nitrogens with one attached hydrogen (secondary N) is 1. The van der Waals surface area contributed by atoms with E-state index >= 15 is 0 Å². The van der Waals surface area contributed by atoms with E-state index in [2.05, 4.69) is 18.5 Å². The number of hydrogen-bond donors (Lipinski definition) is 2. The maximum atomic E-state index is 9.74. The van der Waals surface area contributed by atoms with Gasteiger partial charge in [-0.1, -0.05) is 19.8 Å². The molecule has 1 unspecified atom stereocenters. The van der Waals surface area contributed by atoms with Crippen LogP contribution in [0.4, 0.5) is 0 Å². The fourth-order valence-corrected chi connectivity index (χ4v) is 2.73. The molecular weight excluding hydrogens is 194 g/mol. The van der Waals surface area contributed by atoms with Crippen molar-refractivity contribution < 1.29 is 5.11 Å². The van der Waals surface area contributed by atoms with E-state index in [0.29, 0.717) is 12.0 Å². The van der Waals surface area contributed by atoms with Gasteiger partial charge in [0.1, 0.15) is 0 Å². The molecule has 0 aromatic rings. The van der Waals surface area contributed by atoms with E-state index in [9.17, 15) is 5.11 Å². The monoisotopic (exact) mass is 217 g/mol. The van der Waals surface area contributed by atoms with Crippen molar-refractivity contribution in [3.05, 3.63) is 0 Å². The van der Waals surface area contributed by atoms with Crippen molar-refractivity contribution in [2.45, 2.75) is 44.8 Å². The minimum absolute atomic E-state index is 0.106. The minimum Gasteiger partial charge on any atom is -0.392 e. The summed E-state index contributed by atoms with van der Waals surface area (Å²) in [7, 11) is 0. The van der Waals surface area contributed by atoms with E-state index in [1.165, 1.54) is 18.6 Å². The summed E-state index contributed by atoms with van der Waals surface area (Å²) < 4.78 is 0. The van der Waals surface area contributed by atoms with Crippen LogP contribution in [0.5, 0.6) is 0 Å². The third kappa shape index (κ3) is 4.20. The van der Waals surface area contributed by atoms with Crippen LogP contribution in [0.1, 0.15) is 32.6 Å². The third-order valence-electron chi connectivity index (χ3n) is 2.91. The lowest BCUT2D eigenvalue weighted by molar-refractivity contribution is 0.0897. The number of hydrogen-bond acceptors (Lipinski definition) is 3. The maximum Gasteiger partial charge on any atom is 0.0693 e. The van der Waals surface area contributed by atoms with Crippen molar-refractivity contribution in [2.24, 2.45) is 5.92 Å². The molecule has 1 aliphatic carbocycles. The van der Waals surface area contributed by atoms with Gasteiger partial charge < -0.3 is 10.4 Å². The van der Waals surface area contributed by atoms with Crippen LogP contribution in [-0.2, 0) is 0 Å². The van der Waals surface area contributed by atoms with Crippen molar-refractivity contribution >= 4 is 11.8 Å². The lowest BCUT2D eigenvalue weighted by atomic mass is 9.92. The van der Waals surface area contributed by atoms with Gasteiger partial charge in [-0.05, 0) is 37.3 Å². The fourth-order valence-electron chi connectivity index (χ4n) is 2.05. The molecule has 0 heterocycles. The Morgan fingerprint density at radius 1 is 1.43 bits per heavy atom. The predicted octanol–water partition coefficient (Wildman–Crippen LogP) is 1.88. The Hall–Kier alpha value is 0.270. The summed E-state index contributed by atoms with van der Waals surface area (Å²) in [6, 6.07) is 0.355. The Morgan fingerprint density at radius 2 is 2.14 bits per heavy atom. The fraction of sp³-hybridized carbons (Fsp3) is 1.00. The summed E-state index contributed by atoms with van der Waals surface area (Å²) in [5.41, 5.74) is 0. The smallest absolute Gasteiger partial charge is 0.0693 e. The van der Waals surface area contributed by atoms with E-state index in [4.69, 9.17) is 0 Å². The highest BCUT2D eigenvalue weighted by Crippen LogP contribution is 2.18. The maximum absolute atomic E-state index is 9.74.